The molecule has 31 heavy (non-hydrogen) atoms. The molecule has 0 bridgehead atoms. The van der Waals surface area contributed by atoms with Gasteiger partial charge >= 0.3 is 0 Å². The molecule has 1 aliphatic rings. The van der Waals surface area contributed by atoms with E-state index in [0.717, 1.165) is 42.1 Å². The van der Waals surface area contributed by atoms with Gasteiger partial charge in [0.1, 0.15) is 5.57 Å². The number of carbonyl (C=O) groups excluding carboxylic acids is 1. The Kier molecular flexibility index (Phi) is 16.5. The molecule has 5 nitrogen and oxygen atoms in total. The molecule has 0 saturated carbocycles. The molecule has 1 heterocycles. The number of nitrogens with one attached hydrogen (secondary N) is 2. The summed E-state index contributed by atoms with van der Waals surface area (Å²) in [5, 5.41) is 10.9. The number of hydrogen-bond acceptors (Lipinski definition) is 4. The predicted molar refractivity (Wildman–Crippen MR) is 134 cm³/mol. The third kappa shape index (κ3) is 10.7. The van der Waals surface area contributed by atoms with E-state index in [4.69, 9.17) is 16.4 Å². The van der Waals surface area contributed by atoms with E-state index >= 15 is 0 Å². The molecule has 2 N–H and O–H groups in total. The lowest BCUT2D eigenvalue weighted by Crippen LogP contribution is -2.38. The highest BCUT2D eigenvalue weighted by atomic mass is 35.5. The van der Waals surface area contributed by atoms with Crippen LogP contribution < -0.4 is 10.6 Å². The molecule has 6 heteroatoms. The average molecular weight is 452 g/mol. The molecule has 1 rings (SSSR count). The fourth-order valence-corrected chi connectivity index (χ4v) is 3.55. The zero-order chi connectivity index (χ0) is 23.6. The summed E-state index contributed by atoms with van der Waals surface area (Å²) in [6, 6.07) is 0. The number of oxime groups is 1. The summed E-state index contributed by atoms with van der Waals surface area (Å²) < 4.78 is 0. The van der Waals surface area contributed by atoms with Gasteiger partial charge in [-0.1, -0.05) is 89.4 Å². The van der Waals surface area contributed by atoms with Crippen LogP contribution in [0.2, 0.25) is 0 Å². The van der Waals surface area contributed by atoms with Crippen LogP contribution in [0.5, 0.6) is 0 Å². The number of halogens is 1. The third-order valence-corrected chi connectivity index (χ3v) is 5.19. The molecular weight excluding hydrogens is 410 g/mol. The smallest absolute Gasteiger partial charge is 0.257 e. The van der Waals surface area contributed by atoms with E-state index < -0.39 is 0 Å². The molecule has 0 aliphatic carbocycles. The fourth-order valence-electron chi connectivity index (χ4n) is 3.32. The van der Waals surface area contributed by atoms with E-state index in [1.54, 1.807) is 6.92 Å². The molecule has 0 radical (unpaired) electrons. The van der Waals surface area contributed by atoms with Crippen LogP contribution in [0.3, 0.4) is 0 Å². The number of nitrogens with zero attached hydrogens (tertiary/aromatic N) is 1. The number of carbonyl (C=O) groups is 1. The second-order valence-electron chi connectivity index (χ2n) is 7.08. The van der Waals surface area contributed by atoms with Gasteiger partial charge in [-0.2, -0.15) is 0 Å². The van der Waals surface area contributed by atoms with Crippen LogP contribution in [0, 0.1) is 5.92 Å². The Morgan fingerprint density at radius 2 is 2.03 bits per heavy atom. The van der Waals surface area contributed by atoms with Crippen LogP contribution in [-0.2, 0) is 9.63 Å². The van der Waals surface area contributed by atoms with Gasteiger partial charge < -0.3 is 15.5 Å². The molecule has 0 spiro atoms. The highest BCUT2D eigenvalue weighted by Crippen LogP contribution is 2.25. The molecular formula is C25H42ClN3O2. The van der Waals surface area contributed by atoms with Gasteiger partial charge in [0.25, 0.3) is 5.91 Å². The highest BCUT2D eigenvalue weighted by Gasteiger charge is 2.27. The summed E-state index contributed by atoms with van der Waals surface area (Å²) in [5.41, 5.74) is 2.14. The second kappa shape index (κ2) is 17.6. The average Bonchev–Trinajstić information content (AvgIpc) is 2.77. The van der Waals surface area contributed by atoms with Crippen LogP contribution in [0.15, 0.2) is 51.5 Å². The highest BCUT2D eigenvalue weighted by molar-refractivity contribution is 6.29. The van der Waals surface area contributed by atoms with E-state index in [9.17, 15) is 4.79 Å². The molecule has 0 aromatic heterocycles. The summed E-state index contributed by atoms with van der Waals surface area (Å²) in [5.74, 6) is 0.689. The zero-order valence-corrected chi connectivity index (χ0v) is 21.1. The molecule has 1 unspecified atom stereocenters. The van der Waals surface area contributed by atoms with E-state index in [-0.39, 0.29) is 11.7 Å². The Balaban J connectivity index is 0.00000436. The number of rotatable bonds is 13. The second-order valence-corrected chi connectivity index (χ2v) is 7.57. The minimum atomic E-state index is -0.211. The maximum Gasteiger partial charge on any atom is 0.257 e. The Bertz CT molecular complexity index is 678. The zero-order valence-electron chi connectivity index (χ0n) is 20.3. The van der Waals surface area contributed by atoms with Crippen molar-refractivity contribution < 1.29 is 9.63 Å². The Hall–Kier alpha value is -2.01. The standard InChI is InChI=1S/C23H36ClN3O2.C2H6/c1-6-10-18(8-3)14-15-25-22-19(12-13-20(24)11-7-2)16-26-23(28)21(22)17(5)29-27-9-4;1-2/h9,11-12,18,25H,5-8,10,13-16H2,1-4H3,(H,26,28);1-2H3/b19-12+,20-11+,27-9+;. The maximum atomic E-state index is 12.6. The monoisotopic (exact) mass is 451 g/mol. The van der Waals surface area contributed by atoms with Gasteiger partial charge in [-0.3, -0.25) is 4.79 Å². The molecule has 1 aliphatic heterocycles. The van der Waals surface area contributed by atoms with Crippen molar-refractivity contribution in [1.29, 1.82) is 0 Å². The Morgan fingerprint density at radius 1 is 1.32 bits per heavy atom. The van der Waals surface area contributed by atoms with Crippen LogP contribution in [-0.4, -0.2) is 25.2 Å². The van der Waals surface area contributed by atoms with Crippen molar-refractivity contribution in [3.63, 3.8) is 0 Å². The fraction of sp³-hybridized carbons (Fsp3) is 0.600. The third-order valence-electron chi connectivity index (χ3n) is 4.88. The quantitative estimate of drug-likeness (QED) is 0.188. The molecule has 1 atom stereocenters. The summed E-state index contributed by atoms with van der Waals surface area (Å²) in [6.07, 6.45) is 11.7. The van der Waals surface area contributed by atoms with Crippen molar-refractivity contribution >= 4 is 23.7 Å². The molecule has 0 saturated heterocycles. The van der Waals surface area contributed by atoms with E-state index in [2.05, 4.69) is 49.2 Å². The van der Waals surface area contributed by atoms with Gasteiger partial charge in [0.2, 0.25) is 0 Å². The molecule has 0 fully saturated rings. The maximum absolute atomic E-state index is 12.6. The van der Waals surface area contributed by atoms with Gasteiger partial charge in [0.05, 0.1) is 5.70 Å². The molecule has 0 aromatic rings. The molecule has 1 amide bonds. The lowest BCUT2D eigenvalue weighted by atomic mass is 9.96. The van der Waals surface area contributed by atoms with Crippen LogP contribution in [0.4, 0.5) is 0 Å². The van der Waals surface area contributed by atoms with Crippen LogP contribution in [0.1, 0.15) is 80.1 Å². The van der Waals surface area contributed by atoms with Gasteiger partial charge in [-0.25, -0.2) is 0 Å². The summed E-state index contributed by atoms with van der Waals surface area (Å²) in [7, 11) is 0. The van der Waals surface area contributed by atoms with Gasteiger partial charge in [-0.05, 0) is 31.3 Å². The SMILES string of the molecule is C=C(O/N=C/C)C1=C(NCCC(CC)CCC)/C(=C/C/C(Cl)=C\CC)CNC1=O.CC. The minimum absolute atomic E-state index is 0.211. The minimum Gasteiger partial charge on any atom is -0.384 e. The van der Waals surface area contributed by atoms with E-state index in [1.165, 1.54) is 19.1 Å². The summed E-state index contributed by atoms with van der Waals surface area (Å²) in [6.45, 7) is 17.4. The van der Waals surface area contributed by atoms with Crippen molar-refractivity contribution in [2.45, 2.75) is 80.1 Å². The Morgan fingerprint density at radius 3 is 2.61 bits per heavy atom. The van der Waals surface area contributed by atoms with Crippen molar-refractivity contribution in [2.75, 3.05) is 13.1 Å². The summed E-state index contributed by atoms with van der Waals surface area (Å²) in [4.78, 5) is 17.9. The van der Waals surface area contributed by atoms with Crippen LogP contribution in [0.25, 0.3) is 0 Å². The van der Waals surface area contributed by atoms with Gasteiger partial charge in [0.15, 0.2) is 5.76 Å². The van der Waals surface area contributed by atoms with Gasteiger partial charge in [0, 0.05) is 30.8 Å². The number of allylic oxidation sites excluding steroid dienone is 3. The molecule has 176 valence electrons. The normalized spacial score (nSPS) is 16.7. The summed E-state index contributed by atoms with van der Waals surface area (Å²) >= 11 is 6.27. The first kappa shape index (κ1) is 29.0. The lowest BCUT2D eigenvalue weighted by Gasteiger charge is -2.25. The van der Waals surface area contributed by atoms with Crippen molar-refractivity contribution in [3.8, 4) is 0 Å². The van der Waals surface area contributed by atoms with Crippen molar-refractivity contribution in [1.82, 2.24) is 10.6 Å². The Labute approximate surface area is 194 Å². The first-order valence-electron chi connectivity index (χ1n) is 11.6. The largest absolute Gasteiger partial charge is 0.384 e. The lowest BCUT2D eigenvalue weighted by molar-refractivity contribution is -0.117. The number of hydrogen-bond donors (Lipinski definition) is 2. The van der Waals surface area contributed by atoms with Crippen LogP contribution >= 0.6 is 11.6 Å². The van der Waals surface area contributed by atoms with Crippen molar-refractivity contribution in [3.05, 3.63) is 46.4 Å². The van der Waals surface area contributed by atoms with E-state index in [0.29, 0.717) is 24.5 Å². The number of amides is 1. The first-order chi connectivity index (χ1) is 15.0. The van der Waals surface area contributed by atoms with Gasteiger partial charge in [-0.15, -0.1) is 0 Å². The predicted octanol–water partition coefficient (Wildman–Crippen LogP) is 6.59. The topological polar surface area (TPSA) is 62.7 Å². The first-order valence-corrected chi connectivity index (χ1v) is 12.0. The van der Waals surface area contributed by atoms with E-state index in [1.807, 2.05) is 19.9 Å². The van der Waals surface area contributed by atoms with Crippen molar-refractivity contribution in [2.24, 2.45) is 11.1 Å². The molecule has 0 aromatic carbocycles.